The Morgan fingerprint density at radius 2 is 2.05 bits per heavy atom. The summed E-state index contributed by atoms with van der Waals surface area (Å²) in [5, 5.41) is 7.95. The van der Waals surface area contributed by atoms with Crippen LogP contribution in [0.5, 0.6) is 0 Å². The topological polar surface area (TPSA) is 52.6 Å². The van der Waals surface area contributed by atoms with Gasteiger partial charge < -0.3 is 10.6 Å². The van der Waals surface area contributed by atoms with Crippen LogP contribution >= 0.6 is 11.3 Å². The van der Waals surface area contributed by atoms with Gasteiger partial charge in [-0.15, -0.1) is 11.3 Å². The maximum absolute atomic E-state index is 4.44. The van der Waals surface area contributed by atoms with Crippen LogP contribution in [0.3, 0.4) is 0 Å². The number of hydrogen-bond acceptors (Lipinski definition) is 4. The van der Waals surface area contributed by atoms with Gasteiger partial charge in [0.1, 0.15) is 0 Å². The minimum Gasteiger partial charge on any atom is -0.356 e. The first-order valence-electron chi connectivity index (χ1n) is 8.26. The van der Waals surface area contributed by atoms with E-state index in [1.54, 1.807) is 11.3 Å². The predicted molar refractivity (Wildman–Crippen MR) is 96.9 cm³/mol. The van der Waals surface area contributed by atoms with E-state index in [4.69, 9.17) is 0 Å². The number of rotatable bonds is 9. The lowest BCUT2D eigenvalue weighted by Gasteiger charge is -2.27. The Morgan fingerprint density at radius 1 is 1.32 bits per heavy atom. The van der Waals surface area contributed by atoms with E-state index >= 15 is 0 Å². The number of nitrogens with one attached hydrogen (secondary N) is 2. The summed E-state index contributed by atoms with van der Waals surface area (Å²) >= 11 is 1.80. The quantitative estimate of drug-likeness (QED) is 0.539. The fourth-order valence-corrected chi connectivity index (χ4v) is 3.22. The fourth-order valence-electron chi connectivity index (χ4n) is 2.36. The highest BCUT2D eigenvalue weighted by molar-refractivity contribution is 7.11. The summed E-state index contributed by atoms with van der Waals surface area (Å²) in [6, 6.07) is 0.500. The van der Waals surface area contributed by atoms with Gasteiger partial charge in [-0.3, -0.25) is 9.89 Å². The minimum atomic E-state index is 0.500. The molecule has 0 spiro atoms. The van der Waals surface area contributed by atoms with Crippen molar-refractivity contribution in [1.82, 2.24) is 20.5 Å². The normalized spacial score (nSPS) is 13.5. The van der Waals surface area contributed by atoms with Crippen molar-refractivity contribution < 1.29 is 0 Å². The summed E-state index contributed by atoms with van der Waals surface area (Å²) < 4.78 is 0. The van der Waals surface area contributed by atoms with Gasteiger partial charge >= 0.3 is 0 Å². The van der Waals surface area contributed by atoms with E-state index in [1.807, 2.05) is 13.2 Å². The summed E-state index contributed by atoms with van der Waals surface area (Å²) in [6.07, 6.45) is 3.99. The Kier molecular flexibility index (Phi) is 9.08. The van der Waals surface area contributed by atoms with E-state index in [1.165, 1.54) is 9.88 Å². The summed E-state index contributed by atoms with van der Waals surface area (Å²) in [5.41, 5.74) is 0. The Morgan fingerprint density at radius 3 is 2.59 bits per heavy atom. The van der Waals surface area contributed by atoms with Crippen molar-refractivity contribution in [3.63, 3.8) is 0 Å². The zero-order valence-corrected chi connectivity index (χ0v) is 15.5. The monoisotopic (exact) mass is 325 g/mol. The molecule has 1 aromatic heterocycles. The Labute approximate surface area is 139 Å². The van der Waals surface area contributed by atoms with Crippen molar-refractivity contribution >= 4 is 17.3 Å². The molecule has 0 aliphatic heterocycles. The molecule has 126 valence electrons. The van der Waals surface area contributed by atoms with Crippen LogP contribution in [-0.2, 0) is 12.8 Å². The standard InChI is InChI=1S/C16H31N5S/c1-6-14-12-19-15(22-14)9-10-18-16(17-5)20-11-13(4)21(7-2)8-3/h12-13H,6-11H2,1-5H3,(H2,17,18,20). The average Bonchev–Trinajstić information content (AvgIpc) is 2.99. The second kappa shape index (κ2) is 10.6. The predicted octanol–water partition coefficient (Wildman–Crippen LogP) is 2.14. The van der Waals surface area contributed by atoms with Gasteiger partial charge in [0, 0.05) is 43.7 Å². The van der Waals surface area contributed by atoms with Crippen molar-refractivity contribution in [2.45, 2.75) is 46.6 Å². The van der Waals surface area contributed by atoms with Crippen molar-refractivity contribution in [3.05, 3.63) is 16.1 Å². The van der Waals surface area contributed by atoms with Crippen LogP contribution in [0.25, 0.3) is 0 Å². The Bertz CT molecular complexity index is 439. The van der Waals surface area contributed by atoms with Gasteiger partial charge in [-0.25, -0.2) is 4.98 Å². The first kappa shape index (κ1) is 18.9. The lowest BCUT2D eigenvalue weighted by Crippen LogP contribution is -2.46. The first-order valence-corrected chi connectivity index (χ1v) is 9.08. The van der Waals surface area contributed by atoms with Gasteiger partial charge in [-0.1, -0.05) is 20.8 Å². The van der Waals surface area contributed by atoms with Gasteiger partial charge in [-0.05, 0) is 26.4 Å². The maximum atomic E-state index is 4.44. The van der Waals surface area contributed by atoms with Gasteiger partial charge in [0.25, 0.3) is 0 Å². The van der Waals surface area contributed by atoms with Crippen LogP contribution in [0.2, 0.25) is 0 Å². The van der Waals surface area contributed by atoms with Crippen molar-refractivity contribution in [1.29, 1.82) is 0 Å². The third kappa shape index (κ3) is 6.32. The minimum absolute atomic E-state index is 0.500. The highest BCUT2D eigenvalue weighted by Crippen LogP contribution is 2.13. The summed E-state index contributed by atoms with van der Waals surface area (Å²) in [5.74, 6) is 0.867. The van der Waals surface area contributed by atoms with E-state index in [0.717, 1.165) is 45.0 Å². The molecule has 0 amide bonds. The van der Waals surface area contributed by atoms with Crippen LogP contribution in [0.15, 0.2) is 11.2 Å². The molecule has 1 unspecified atom stereocenters. The lowest BCUT2D eigenvalue weighted by molar-refractivity contribution is 0.231. The number of aromatic nitrogens is 1. The van der Waals surface area contributed by atoms with Crippen LogP contribution in [0.4, 0.5) is 0 Å². The van der Waals surface area contributed by atoms with E-state index in [9.17, 15) is 0 Å². The Balaban J connectivity index is 2.30. The maximum Gasteiger partial charge on any atom is 0.191 e. The van der Waals surface area contributed by atoms with Crippen molar-refractivity contribution in [2.75, 3.05) is 33.2 Å². The molecule has 0 fully saturated rings. The highest BCUT2D eigenvalue weighted by atomic mass is 32.1. The molecule has 2 N–H and O–H groups in total. The molecule has 0 saturated carbocycles. The number of thiazole rings is 1. The molecule has 1 heterocycles. The first-order chi connectivity index (χ1) is 10.6. The highest BCUT2D eigenvalue weighted by Gasteiger charge is 2.10. The molecule has 0 aliphatic rings. The van der Waals surface area contributed by atoms with Crippen molar-refractivity contribution in [3.8, 4) is 0 Å². The number of likely N-dealkylation sites (N-methyl/N-ethyl adjacent to an activating group) is 1. The molecule has 5 nitrogen and oxygen atoms in total. The molecule has 0 bridgehead atoms. The summed E-state index contributed by atoms with van der Waals surface area (Å²) in [7, 11) is 1.82. The van der Waals surface area contributed by atoms with Gasteiger partial charge in [0.2, 0.25) is 0 Å². The third-order valence-electron chi connectivity index (χ3n) is 3.81. The molecule has 0 aromatic carbocycles. The Hall–Kier alpha value is -1.14. The number of aliphatic imine (C=N–C) groups is 1. The zero-order valence-electron chi connectivity index (χ0n) is 14.6. The molecule has 0 radical (unpaired) electrons. The zero-order chi connectivity index (χ0) is 16.4. The lowest BCUT2D eigenvalue weighted by atomic mass is 10.3. The molecule has 1 aromatic rings. The third-order valence-corrected chi connectivity index (χ3v) is 5.01. The molecule has 22 heavy (non-hydrogen) atoms. The largest absolute Gasteiger partial charge is 0.356 e. The summed E-state index contributed by atoms with van der Waals surface area (Å²) in [4.78, 5) is 12.5. The fraction of sp³-hybridized carbons (Fsp3) is 0.750. The van der Waals surface area contributed by atoms with Crippen LogP contribution in [-0.4, -0.2) is 55.1 Å². The van der Waals surface area contributed by atoms with Crippen molar-refractivity contribution in [2.24, 2.45) is 4.99 Å². The van der Waals surface area contributed by atoms with Crippen LogP contribution in [0.1, 0.15) is 37.6 Å². The molecular weight excluding hydrogens is 294 g/mol. The van der Waals surface area contributed by atoms with E-state index in [2.05, 4.69) is 53.2 Å². The molecule has 0 aliphatic carbocycles. The second-order valence-corrected chi connectivity index (χ2v) is 6.47. The van der Waals surface area contributed by atoms with Gasteiger partial charge in [-0.2, -0.15) is 0 Å². The molecule has 1 atom stereocenters. The molecule has 1 rings (SSSR count). The van der Waals surface area contributed by atoms with Gasteiger partial charge in [0.15, 0.2) is 5.96 Å². The number of hydrogen-bond donors (Lipinski definition) is 2. The van der Waals surface area contributed by atoms with Gasteiger partial charge in [0.05, 0.1) is 5.01 Å². The van der Waals surface area contributed by atoms with E-state index in [-0.39, 0.29) is 0 Å². The SMILES string of the molecule is CCc1cnc(CCNC(=NC)NCC(C)N(CC)CC)s1. The molecule has 6 heteroatoms. The van der Waals surface area contributed by atoms with Crippen LogP contribution < -0.4 is 10.6 Å². The summed E-state index contributed by atoms with van der Waals surface area (Å²) in [6.45, 7) is 12.7. The number of aryl methyl sites for hydroxylation is 1. The second-order valence-electron chi connectivity index (χ2n) is 5.27. The average molecular weight is 326 g/mol. The number of guanidine groups is 1. The number of nitrogens with zero attached hydrogens (tertiary/aromatic N) is 3. The van der Waals surface area contributed by atoms with Crippen LogP contribution in [0, 0.1) is 0 Å². The van der Waals surface area contributed by atoms with E-state index in [0.29, 0.717) is 6.04 Å². The van der Waals surface area contributed by atoms with E-state index < -0.39 is 0 Å². The molecular formula is C16H31N5S. The molecule has 0 saturated heterocycles. The smallest absolute Gasteiger partial charge is 0.191 e.